The molecule has 0 fully saturated rings. The Morgan fingerprint density at radius 1 is 0.345 bits per heavy atom. The molecular formula is C49H92O6. The molecule has 0 saturated heterocycles. The van der Waals surface area contributed by atoms with Gasteiger partial charge in [0.15, 0.2) is 6.10 Å². The van der Waals surface area contributed by atoms with E-state index in [1.165, 1.54) is 161 Å². The summed E-state index contributed by atoms with van der Waals surface area (Å²) in [6.07, 6.45) is 48.1. The van der Waals surface area contributed by atoms with E-state index in [4.69, 9.17) is 14.2 Å². The lowest BCUT2D eigenvalue weighted by molar-refractivity contribution is -0.167. The van der Waals surface area contributed by atoms with Gasteiger partial charge in [-0.05, 0) is 44.9 Å². The Kier molecular flexibility index (Phi) is 43.4. The Bertz CT molecular complexity index is 854. The number of carbonyl (C=O) groups excluding carboxylic acids is 3. The van der Waals surface area contributed by atoms with E-state index in [2.05, 4.69) is 32.9 Å². The van der Waals surface area contributed by atoms with Crippen LogP contribution in [0.1, 0.15) is 265 Å². The van der Waals surface area contributed by atoms with Gasteiger partial charge >= 0.3 is 17.9 Å². The first-order chi connectivity index (χ1) is 27.0. The van der Waals surface area contributed by atoms with Crippen molar-refractivity contribution in [1.82, 2.24) is 0 Å². The Balaban J connectivity index is 4.08. The maximum Gasteiger partial charge on any atom is 0.306 e. The highest BCUT2D eigenvalue weighted by Gasteiger charge is 2.19. The molecular weight excluding hydrogens is 685 g/mol. The molecule has 0 rings (SSSR count). The number of esters is 3. The molecule has 0 aliphatic heterocycles. The SMILES string of the molecule is CCCCCCCCCC/C=C\CCCCCCCCCCCC(=O)OCC(COC(=O)CCCCCCC)OC(=O)CCCCCCCCCCCCC. The van der Waals surface area contributed by atoms with Crippen LogP contribution in [0, 0.1) is 0 Å². The molecule has 0 aliphatic rings. The van der Waals surface area contributed by atoms with E-state index in [1.807, 2.05) is 0 Å². The lowest BCUT2D eigenvalue weighted by atomic mass is 10.1. The number of unbranched alkanes of at least 4 members (excludes halogenated alkanes) is 31. The first kappa shape index (κ1) is 53.1. The van der Waals surface area contributed by atoms with E-state index in [0.717, 1.165) is 64.2 Å². The predicted octanol–water partition coefficient (Wildman–Crippen LogP) is 15.4. The smallest absolute Gasteiger partial charge is 0.306 e. The lowest BCUT2D eigenvalue weighted by Gasteiger charge is -2.18. The molecule has 0 amide bonds. The minimum atomic E-state index is -0.760. The first-order valence-electron chi connectivity index (χ1n) is 24.2. The summed E-state index contributed by atoms with van der Waals surface area (Å²) in [5, 5.41) is 0. The van der Waals surface area contributed by atoms with E-state index in [0.29, 0.717) is 19.3 Å². The minimum Gasteiger partial charge on any atom is -0.462 e. The largest absolute Gasteiger partial charge is 0.462 e. The van der Waals surface area contributed by atoms with Crippen LogP contribution in [0.25, 0.3) is 0 Å². The standard InChI is InChI=1S/C49H92O6/c1-4-7-10-13-15-17-19-20-21-22-23-24-25-26-27-28-30-31-33-36-39-42-48(51)54-45-46(44-53-47(50)41-38-35-12-9-6-3)55-49(52)43-40-37-34-32-29-18-16-14-11-8-5-2/h22-23,46H,4-21,24-45H2,1-3H3/b23-22-. The molecule has 1 unspecified atom stereocenters. The highest BCUT2D eigenvalue weighted by molar-refractivity contribution is 5.71. The Labute approximate surface area is 341 Å². The van der Waals surface area contributed by atoms with Gasteiger partial charge in [0.25, 0.3) is 0 Å². The number of rotatable bonds is 44. The molecule has 0 spiro atoms. The zero-order chi connectivity index (χ0) is 40.1. The third-order valence-corrected chi connectivity index (χ3v) is 10.8. The monoisotopic (exact) mass is 777 g/mol. The quantitative estimate of drug-likeness (QED) is 0.0265. The van der Waals surface area contributed by atoms with Crippen molar-refractivity contribution in [2.24, 2.45) is 0 Å². The van der Waals surface area contributed by atoms with Crippen LogP contribution in [-0.4, -0.2) is 37.2 Å². The minimum absolute atomic E-state index is 0.0678. The molecule has 0 saturated carbocycles. The number of hydrogen-bond donors (Lipinski definition) is 0. The maximum absolute atomic E-state index is 12.6. The molecule has 0 aromatic carbocycles. The van der Waals surface area contributed by atoms with Gasteiger partial charge in [-0.15, -0.1) is 0 Å². The number of ether oxygens (including phenoxy) is 3. The summed E-state index contributed by atoms with van der Waals surface area (Å²) in [6, 6.07) is 0. The number of allylic oxidation sites excluding steroid dienone is 2. The molecule has 0 radical (unpaired) electrons. The Morgan fingerprint density at radius 3 is 0.909 bits per heavy atom. The summed E-state index contributed by atoms with van der Waals surface area (Å²) in [4.78, 5) is 37.5. The molecule has 324 valence electrons. The topological polar surface area (TPSA) is 78.9 Å². The van der Waals surface area contributed by atoms with E-state index in [-0.39, 0.29) is 31.1 Å². The molecule has 55 heavy (non-hydrogen) atoms. The summed E-state index contributed by atoms with van der Waals surface area (Å²) >= 11 is 0. The van der Waals surface area contributed by atoms with Crippen LogP contribution in [0.5, 0.6) is 0 Å². The third-order valence-electron chi connectivity index (χ3n) is 10.8. The highest BCUT2D eigenvalue weighted by Crippen LogP contribution is 2.15. The average Bonchev–Trinajstić information content (AvgIpc) is 3.18. The van der Waals surface area contributed by atoms with Crippen molar-refractivity contribution >= 4 is 17.9 Å². The van der Waals surface area contributed by atoms with Crippen LogP contribution < -0.4 is 0 Å². The number of hydrogen-bond acceptors (Lipinski definition) is 6. The first-order valence-corrected chi connectivity index (χ1v) is 24.2. The van der Waals surface area contributed by atoms with Crippen LogP contribution in [0.3, 0.4) is 0 Å². The van der Waals surface area contributed by atoms with Gasteiger partial charge in [-0.1, -0.05) is 213 Å². The molecule has 0 bridgehead atoms. The zero-order valence-electron chi connectivity index (χ0n) is 37.0. The van der Waals surface area contributed by atoms with Crippen molar-refractivity contribution < 1.29 is 28.6 Å². The van der Waals surface area contributed by atoms with Crippen molar-refractivity contribution in [2.45, 2.75) is 271 Å². The van der Waals surface area contributed by atoms with Crippen molar-refractivity contribution in [3.05, 3.63) is 12.2 Å². The fourth-order valence-corrected chi connectivity index (χ4v) is 7.08. The van der Waals surface area contributed by atoms with E-state index >= 15 is 0 Å². The van der Waals surface area contributed by atoms with E-state index < -0.39 is 6.10 Å². The van der Waals surface area contributed by atoms with Crippen LogP contribution in [0.15, 0.2) is 12.2 Å². The summed E-state index contributed by atoms with van der Waals surface area (Å²) in [5.74, 6) is -0.875. The third kappa shape index (κ3) is 43.1. The summed E-state index contributed by atoms with van der Waals surface area (Å²) < 4.78 is 16.6. The van der Waals surface area contributed by atoms with Gasteiger partial charge in [0.2, 0.25) is 0 Å². The Hall–Kier alpha value is -1.85. The highest BCUT2D eigenvalue weighted by atomic mass is 16.6. The van der Waals surface area contributed by atoms with Crippen molar-refractivity contribution in [3.8, 4) is 0 Å². The number of carbonyl (C=O) groups is 3. The molecule has 6 nitrogen and oxygen atoms in total. The zero-order valence-corrected chi connectivity index (χ0v) is 37.0. The van der Waals surface area contributed by atoms with Crippen molar-refractivity contribution in [2.75, 3.05) is 13.2 Å². The van der Waals surface area contributed by atoms with E-state index in [9.17, 15) is 14.4 Å². The van der Waals surface area contributed by atoms with Gasteiger partial charge in [0, 0.05) is 19.3 Å². The second-order valence-electron chi connectivity index (χ2n) is 16.4. The molecule has 0 aromatic heterocycles. The van der Waals surface area contributed by atoms with Crippen molar-refractivity contribution in [3.63, 3.8) is 0 Å². The van der Waals surface area contributed by atoms with Crippen molar-refractivity contribution in [1.29, 1.82) is 0 Å². The molecule has 6 heteroatoms. The van der Waals surface area contributed by atoms with Crippen LogP contribution in [0.2, 0.25) is 0 Å². The van der Waals surface area contributed by atoms with Gasteiger partial charge in [0.05, 0.1) is 0 Å². The van der Waals surface area contributed by atoms with E-state index in [1.54, 1.807) is 0 Å². The van der Waals surface area contributed by atoms with Gasteiger partial charge in [-0.3, -0.25) is 14.4 Å². The van der Waals surface area contributed by atoms with Crippen LogP contribution >= 0.6 is 0 Å². The summed E-state index contributed by atoms with van der Waals surface area (Å²) in [6.45, 7) is 6.56. The fraction of sp³-hybridized carbons (Fsp3) is 0.898. The predicted molar refractivity (Wildman–Crippen MR) is 233 cm³/mol. The maximum atomic E-state index is 12.6. The molecule has 0 heterocycles. The van der Waals surface area contributed by atoms with Gasteiger partial charge in [0.1, 0.15) is 13.2 Å². The van der Waals surface area contributed by atoms with Gasteiger partial charge < -0.3 is 14.2 Å². The average molecular weight is 777 g/mol. The summed E-state index contributed by atoms with van der Waals surface area (Å²) in [7, 11) is 0. The summed E-state index contributed by atoms with van der Waals surface area (Å²) in [5.41, 5.74) is 0. The second kappa shape index (κ2) is 44.9. The van der Waals surface area contributed by atoms with Gasteiger partial charge in [-0.25, -0.2) is 0 Å². The molecule has 1 atom stereocenters. The van der Waals surface area contributed by atoms with Crippen LogP contribution in [0.4, 0.5) is 0 Å². The Morgan fingerprint density at radius 2 is 0.600 bits per heavy atom. The molecule has 0 N–H and O–H groups in total. The van der Waals surface area contributed by atoms with Crippen LogP contribution in [-0.2, 0) is 28.6 Å². The lowest BCUT2D eigenvalue weighted by Crippen LogP contribution is -2.30. The fourth-order valence-electron chi connectivity index (χ4n) is 7.08. The second-order valence-corrected chi connectivity index (χ2v) is 16.4. The normalized spacial score (nSPS) is 12.0. The van der Waals surface area contributed by atoms with Gasteiger partial charge in [-0.2, -0.15) is 0 Å². The molecule has 0 aliphatic carbocycles. The molecule has 0 aromatic rings.